The monoisotopic (exact) mass is 371 g/mol. The maximum Gasteiger partial charge on any atom is 0.191 e. The first-order chi connectivity index (χ1) is 13.1. The molecule has 27 heavy (non-hydrogen) atoms. The normalized spacial score (nSPS) is 28.1. The van der Waals surface area contributed by atoms with Crippen molar-refractivity contribution in [2.45, 2.75) is 51.2 Å². The van der Waals surface area contributed by atoms with Gasteiger partial charge in [-0.3, -0.25) is 9.89 Å². The molecule has 5 nitrogen and oxygen atoms in total. The molecule has 0 bridgehead atoms. The highest BCUT2D eigenvalue weighted by Gasteiger charge is 2.26. The Balaban J connectivity index is 1.42. The fourth-order valence-corrected chi connectivity index (χ4v) is 4.47. The van der Waals surface area contributed by atoms with Gasteiger partial charge in [-0.05, 0) is 57.7 Å². The second-order valence-electron chi connectivity index (χ2n) is 8.39. The third-order valence-corrected chi connectivity index (χ3v) is 6.09. The first-order valence-electron chi connectivity index (χ1n) is 10.6. The molecule has 0 spiro atoms. The molecule has 2 N–H and O–H groups in total. The number of guanidine groups is 1. The van der Waals surface area contributed by atoms with Gasteiger partial charge in [-0.2, -0.15) is 0 Å². The molecule has 2 heterocycles. The summed E-state index contributed by atoms with van der Waals surface area (Å²) in [5, 5.41) is 7.24. The zero-order valence-corrected chi connectivity index (χ0v) is 17.3. The summed E-state index contributed by atoms with van der Waals surface area (Å²) < 4.78 is 0. The van der Waals surface area contributed by atoms with Crippen molar-refractivity contribution in [3.05, 3.63) is 35.9 Å². The number of hydrogen-bond acceptors (Lipinski definition) is 3. The van der Waals surface area contributed by atoms with Gasteiger partial charge in [0.2, 0.25) is 0 Å². The molecule has 2 aliphatic heterocycles. The lowest BCUT2D eigenvalue weighted by atomic mass is 9.97. The largest absolute Gasteiger partial charge is 0.356 e. The third kappa shape index (κ3) is 6.22. The van der Waals surface area contributed by atoms with Crippen molar-refractivity contribution in [3.8, 4) is 0 Å². The van der Waals surface area contributed by atoms with Crippen molar-refractivity contribution in [2.24, 2.45) is 10.9 Å². The second kappa shape index (κ2) is 10.1. The average molecular weight is 372 g/mol. The number of nitrogens with zero attached hydrogens (tertiary/aromatic N) is 3. The van der Waals surface area contributed by atoms with Gasteiger partial charge in [0.15, 0.2) is 5.96 Å². The van der Waals surface area contributed by atoms with Crippen LogP contribution < -0.4 is 10.6 Å². The number of piperidine rings is 2. The highest BCUT2D eigenvalue weighted by molar-refractivity contribution is 5.79. The third-order valence-electron chi connectivity index (χ3n) is 6.09. The molecule has 0 saturated carbocycles. The van der Waals surface area contributed by atoms with E-state index in [9.17, 15) is 0 Å². The predicted octanol–water partition coefficient (Wildman–Crippen LogP) is 2.55. The van der Waals surface area contributed by atoms with Crippen LogP contribution in [0.1, 0.15) is 38.2 Å². The van der Waals surface area contributed by atoms with E-state index in [0.29, 0.717) is 12.1 Å². The number of rotatable bonds is 5. The van der Waals surface area contributed by atoms with Crippen molar-refractivity contribution in [2.75, 3.05) is 40.3 Å². The van der Waals surface area contributed by atoms with Gasteiger partial charge in [0.25, 0.3) is 0 Å². The summed E-state index contributed by atoms with van der Waals surface area (Å²) >= 11 is 0. The highest BCUT2D eigenvalue weighted by atomic mass is 15.2. The van der Waals surface area contributed by atoms with Gasteiger partial charge in [0.1, 0.15) is 0 Å². The molecule has 0 amide bonds. The number of nitrogens with one attached hydrogen (secondary N) is 2. The van der Waals surface area contributed by atoms with Gasteiger partial charge >= 0.3 is 0 Å². The Morgan fingerprint density at radius 2 is 2.00 bits per heavy atom. The fourth-order valence-electron chi connectivity index (χ4n) is 4.47. The minimum Gasteiger partial charge on any atom is -0.356 e. The van der Waals surface area contributed by atoms with Crippen LogP contribution in [0, 0.1) is 5.92 Å². The summed E-state index contributed by atoms with van der Waals surface area (Å²) in [6, 6.07) is 11.9. The van der Waals surface area contributed by atoms with Crippen LogP contribution in [0.5, 0.6) is 0 Å². The van der Waals surface area contributed by atoms with Gasteiger partial charge in [-0.1, -0.05) is 30.3 Å². The molecular formula is C22H37N5. The number of likely N-dealkylation sites (tertiary alicyclic amines) is 2. The molecule has 2 aliphatic rings. The van der Waals surface area contributed by atoms with E-state index in [1.165, 1.54) is 44.3 Å². The fraction of sp³-hybridized carbons (Fsp3) is 0.682. The van der Waals surface area contributed by atoms with Crippen LogP contribution in [0.4, 0.5) is 0 Å². The van der Waals surface area contributed by atoms with E-state index in [0.717, 1.165) is 31.5 Å². The Hall–Kier alpha value is -1.59. The topological polar surface area (TPSA) is 42.9 Å². The molecule has 1 aromatic rings. The molecule has 3 atom stereocenters. The van der Waals surface area contributed by atoms with Crippen LogP contribution in [0.3, 0.4) is 0 Å². The molecule has 3 unspecified atom stereocenters. The molecule has 2 saturated heterocycles. The van der Waals surface area contributed by atoms with Gasteiger partial charge in [-0.25, -0.2) is 0 Å². The molecular weight excluding hydrogens is 334 g/mol. The van der Waals surface area contributed by atoms with Crippen LogP contribution in [0.15, 0.2) is 35.3 Å². The van der Waals surface area contributed by atoms with E-state index in [1.54, 1.807) is 0 Å². The van der Waals surface area contributed by atoms with Gasteiger partial charge < -0.3 is 15.5 Å². The lowest BCUT2D eigenvalue weighted by Gasteiger charge is -2.38. The van der Waals surface area contributed by atoms with Gasteiger partial charge in [0.05, 0.1) is 0 Å². The highest BCUT2D eigenvalue weighted by Crippen LogP contribution is 2.20. The summed E-state index contributed by atoms with van der Waals surface area (Å²) in [5.41, 5.74) is 1.41. The van der Waals surface area contributed by atoms with Crippen molar-refractivity contribution >= 4 is 5.96 Å². The van der Waals surface area contributed by atoms with Crippen molar-refractivity contribution < 1.29 is 0 Å². The zero-order chi connectivity index (χ0) is 19.1. The first kappa shape index (κ1) is 20.2. The standard InChI is InChI=1S/C22H37N5/c1-18-14-21(11-13-27(18)17-19-8-5-4-6-9-19)25-22(23-2)24-15-20-10-7-12-26(3)16-20/h4-6,8-9,18,20-21H,7,10-17H2,1-3H3,(H2,23,24,25). The first-order valence-corrected chi connectivity index (χ1v) is 10.6. The molecule has 3 rings (SSSR count). The number of aliphatic imine (C=N–C) groups is 1. The Morgan fingerprint density at radius 1 is 1.19 bits per heavy atom. The SMILES string of the molecule is CN=C(NCC1CCCN(C)C1)NC1CCN(Cc2ccccc2)C(C)C1. The maximum atomic E-state index is 4.46. The molecule has 0 aromatic heterocycles. The Labute approximate surface area is 165 Å². The average Bonchev–Trinajstić information content (AvgIpc) is 2.68. The van der Waals surface area contributed by atoms with E-state index < -0.39 is 0 Å². The zero-order valence-electron chi connectivity index (χ0n) is 17.3. The van der Waals surface area contributed by atoms with Crippen LogP contribution in [0.2, 0.25) is 0 Å². The summed E-state index contributed by atoms with van der Waals surface area (Å²) in [6.45, 7) is 7.99. The summed E-state index contributed by atoms with van der Waals surface area (Å²) in [7, 11) is 4.11. The van der Waals surface area contributed by atoms with E-state index in [-0.39, 0.29) is 0 Å². The van der Waals surface area contributed by atoms with Gasteiger partial charge in [-0.15, -0.1) is 0 Å². The van der Waals surface area contributed by atoms with Crippen LogP contribution in [0.25, 0.3) is 0 Å². The molecule has 0 aliphatic carbocycles. The quantitative estimate of drug-likeness (QED) is 0.617. The van der Waals surface area contributed by atoms with Crippen molar-refractivity contribution in [1.29, 1.82) is 0 Å². The van der Waals surface area contributed by atoms with E-state index in [4.69, 9.17) is 0 Å². The summed E-state index contributed by atoms with van der Waals surface area (Å²) in [5.74, 6) is 1.70. The second-order valence-corrected chi connectivity index (χ2v) is 8.39. The maximum absolute atomic E-state index is 4.46. The molecule has 2 fully saturated rings. The smallest absolute Gasteiger partial charge is 0.191 e. The van der Waals surface area contributed by atoms with Gasteiger partial charge in [0, 0.05) is 45.3 Å². The Morgan fingerprint density at radius 3 is 2.70 bits per heavy atom. The molecule has 0 radical (unpaired) electrons. The Kier molecular flexibility index (Phi) is 7.53. The minimum absolute atomic E-state index is 0.507. The number of benzene rings is 1. The van der Waals surface area contributed by atoms with Crippen LogP contribution in [-0.2, 0) is 6.54 Å². The van der Waals surface area contributed by atoms with E-state index >= 15 is 0 Å². The van der Waals surface area contributed by atoms with E-state index in [1.807, 2.05) is 7.05 Å². The molecule has 1 aromatic carbocycles. The Bertz CT molecular complexity index is 588. The minimum atomic E-state index is 0.507. The van der Waals surface area contributed by atoms with Crippen LogP contribution in [-0.4, -0.2) is 68.1 Å². The molecule has 5 heteroatoms. The number of hydrogen-bond donors (Lipinski definition) is 2. The van der Waals surface area contributed by atoms with Crippen molar-refractivity contribution in [3.63, 3.8) is 0 Å². The van der Waals surface area contributed by atoms with Crippen molar-refractivity contribution in [1.82, 2.24) is 20.4 Å². The predicted molar refractivity (Wildman–Crippen MR) is 114 cm³/mol. The van der Waals surface area contributed by atoms with E-state index in [2.05, 4.69) is 69.7 Å². The molecule has 150 valence electrons. The van der Waals surface area contributed by atoms with Crippen LogP contribution >= 0.6 is 0 Å². The lowest BCUT2D eigenvalue weighted by Crippen LogP contribution is -2.52. The summed E-state index contributed by atoms with van der Waals surface area (Å²) in [4.78, 5) is 9.50. The lowest BCUT2D eigenvalue weighted by molar-refractivity contribution is 0.134. The summed E-state index contributed by atoms with van der Waals surface area (Å²) in [6.07, 6.45) is 4.97.